The van der Waals surface area contributed by atoms with E-state index >= 15 is 0 Å². The van der Waals surface area contributed by atoms with E-state index in [1.807, 2.05) is 41.8 Å². The Labute approximate surface area is 137 Å². The number of aromatic nitrogens is 2. The van der Waals surface area contributed by atoms with Gasteiger partial charge in [0.25, 0.3) is 0 Å². The fraction of sp³-hybridized carbons (Fsp3) is 0.444. The van der Waals surface area contributed by atoms with Crippen molar-refractivity contribution in [1.29, 1.82) is 0 Å². The number of piperazine rings is 1. The molecule has 1 fully saturated rings. The highest BCUT2D eigenvalue weighted by molar-refractivity contribution is 5.76. The summed E-state index contributed by atoms with van der Waals surface area (Å²) >= 11 is 0. The molecule has 1 aliphatic rings. The predicted octanol–water partition coefficient (Wildman–Crippen LogP) is 1.66. The van der Waals surface area contributed by atoms with Gasteiger partial charge in [0.1, 0.15) is 0 Å². The summed E-state index contributed by atoms with van der Waals surface area (Å²) in [5.41, 5.74) is 1.32. The summed E-state index contributed by atoms with van der Waals surface area (Å²) in [6, 6.07) is 8.13. The monoisotopic (exact) mass is 312 g/mol. The molecular formula is C18H24N4O. The minimum absolute atomic E-state index is 0.271. The number of hydrogen-bond acceptors (Lipinski definition) is 3. The average molecular weight is 312 g/mol. The zero-order valence-electron chi connectivity index (χ0n) is 13.5. The third kappa shape index (κ3) is 4.66. The quantitative estimate of drug-likeness (QED) is 0.814. The largest absolute Gasteiger partial charge is 0.354 e. The van der Waals surface area contributed by atoms with Gasteiger partial charge in [0.05, 0.1) is 0 Å². The van der Waals surface area contributed by atoms with E-state index in [1.54, 1.807) is 0 Å². The highest BCUT2D eigenvalue weighted by atomic mass is 16.2. The Bertz CT molecular complexity index is 589. The fourth-order valence-corrected chi connectivity index (χ4v) is 2.96. The molecule has 1 saturated heterocycles. The molecule has 5 nitrogen and oxygen atoms in total. The number of rotatable bonds is 6. The maximum absolute atomic E-state index is 12.3. The Balaban J connectivity index is 1.37. The van der Waals surface area contributed by atoms with Crippen LogP contribution in [0.3, 0.4) is 0 Å². The number of nitrogens with zero attached hydrogens (tertiary/aromatic N) is 4. The van der Waals surface area contributed by atoms with E-state index < -0.39 is 0 Å². The number of hydrogen-bond donors (Lipinski definition) is 0. The zero-order chi connectivity index (χ0) is 15.9. The highest BCUT2D eigenvalue weighted by Crippen LogP contribution is 2.07. The third-order valence-electron chi connectivity index (χ3n) is 4.44. The van der Waals surface area contributed by atoms with Crippen molar-refractivity contribution in [2.45, 2.75) is 19.4 Å². The molecule has 0 unspecified atom stereocenters. The van der Waals surface area contributed by atoms with E-state index in [4.69, 9.17) is 0 Å². The first-order chi connectivity index (χ1) is 11.3. The molecule has 3 rings (SSSR count). The molecule has 2 aromatic rings. The van der Waals surface area contributed by atoms with E-state index in [9.17, 15) is 4.79 Å². The second kappa shape index (κ2) is 7.92. The first kappa shape index (κ1) is 15.7. The van der Waals surface area contributed by atoms with Gasteiger partial charge in [-0.2, -0.15) is 0 Å². The van der Waals surface area contributed by atoms with Gasteiger partial charge in [0, 0.05) is 70.5 Å². The van der Waals surface area contributed by atoms with E-state index in [0.29, 0.717) is 6.42 Å². The van der Waals surface area contributed by atoms with Gasteiger partial charge in [-0.15, -0.1) is 0 Å². The van der Waals surface area contributed by atoms with Crippen molar-refractivity contribution in [2.24, 2.45) is 0 Å². The molecule has 0 atom stereocenters. The van der Waals surface area contributed by atoms with Crippen LogP contribution in [-0.4, -0.2) is 58.0 Å². The summed E-state index contributed by atoms with van der Waals surface area (Å²) in [7, 11) is 0. The van der Waals surface area contributed by atoms with Crippen LogP contribution in [0.4, 0.5) is 0 Å². The van der Waals surface area contributed by atoms with Crippen LogP contribution in [0.2, 0.25) is 0 Å². The normalized spacial score (nSPS) is 15.7. The fourth-order valence-electron chi connectivity index (χ4n) is 2.96. The molecule has 23 heavy (non-hydrogen) atoms. The first-order valence-corrected chi connectivity index (χ1v) is 8.31. The molecule has 0 aromatic carbocycles. The van der Waals surface area contributed by atoms with Crippen LogP contribution in [0.25, 0.3) is 0 Å². The van der Waals surface area contributed by atoms with Crippen molar-refractivity contribution in [3.05, 3.63) is 54.6 Å². The smallest absolute Gasteiger partial charge is 0.224 e. The average Bonchev–Trinajstić information content (AvgIpc) is 3.13. The number of pyridine rings is 1. The van der Waals surface area contributed by atoms with Crippen molar-refractivity contribution < 1.29 is 4.79 Å². The van der Waals surface area contributed by atoms with Crippen LogP contribution in [0, 0.1) is 0 Å². The Morgan fingerprint density at radius 1 is 1.00 bits per heavy atom. The molecule has 0 bridgehead atoms. The van der Waals surface area contributed by atoms with Crippen LogP contribution in [0.15, 0.2) is 49.1 Å². The van der Waals surface area contributed by atoms with Gasteiger partial charge in [-0.3, -0.25) is 14.7 Å². The Morgan fingerprint density at radius 2 is 1.70 bits per heavy atom. The van der Waals surface area contributed by atoms with Gasteiger partial charge in [0.15, 0.2) is 0 Å². The topological polar surface area (TPSA) is 41.4 Å². The van der Waals surface area contributed by atoms with Crippen molar-refractivity contribution in [3.8, 4) is 0 Å². The van der Waals surface area contributed by atoms with Crippen LogP contribution in [0.5, 0.6) is 0 Å². The number of amides is 1. The molecule has 122 valence electrons. The zero-order valence-corrected chi connectivity index (χ0v) is 13.5. The van der Waals surface area contributed by atoms with Gasteiger partial charge >= 0.3 is 0 Å². The lowest BCUT2D eigenvalue weighted by Gasteiger charge is -2.34. The standard InChI is InChI=1S/C18H24N4O/c23-18(6-12-20-9-1-2-10-20)22-15-13-21(14-16-22)11-5-17-3-7-19-8-4-17/h1-4,7-10H,5-6,11-16H2. The van der Waals surface area contributed by atoms with Gasteiger partial charge in [0.2, 0.25) is 5.91 Å². The molecular weight excluding hydrogens is 288 g/mol. The molecule has 2 aromatic heterocycles. The molecule has 0 aliphatic carbocycles. The van der Waals surface area contributed by atoms with Crippen LogP contribution in [-0.2, 0) is 17.8 Å². The van der Waals surface area contributed by atoms with Crippen molar-refractivity contribution in [2.75, 3.05) is 32.7 Å². The van der Waals surface area contributed by atoms with Crippen molar-refractivity contribution >= 4 is 5.91 Å². The molecule has 1 amide bonds. The van der Waals surface area contributed by atoms with Crippen LogP contribution < -0.4 is 0 Å². The van der Waals surface area contributed by atoms with Gasteiger partial charge in [-0.1, -0.05) is 0 Å². The minimum Gasteiger partial charge on any atom is -0.354 e. The third-order valence-corrected chi connectivity index (χ3v) is 4.44. The molecule has 5 heteroatoms. The second-order valence-corrected chi connectivity index (χ2v) is 6.00. The molecule has 1 aliphatic heterocycles. The van der Waals surface area contributed by atoms with Gasteiger partial charge in [-0.25, -0.2) is 0 Å². The van der Waals surface area contributed by atoms with E-state index in [-0.39, 0.29) is 5.91 Å². The van der Waals surface area contributed by atoms with E-state index in [0.717, 1.165) is 45.7 Å². The summed E-state index contributed by atoms with van der Waals surface area (Å²) in [5.74, 6) is 0.271. The SMILES string of the molecule is O=C(CCn1cccc1)N1CCN(CCc2ccncc2)CC1. The number of aryl methyl sites for hydroxylation is 1. The molecule has 0 spiro atoms. The number of carbonyl (C=O) groups excluding carboxylic acids is 1. The minimum atomic E-state index is 0.271. The second-order valence-electron chi connectivity index (χ2n) is 6.00. The maximum atomic E-state index is 12.3. The Hall–Kier alpha value is -2.14. The predicted molar refractivity (Wildman–Crippen MR) is 90.0 cm³/mol. The molecule has 0 saturated carbocycles. The summed E-state index contributed by atoms with van der Waals surface area (Å²) in [4.78, 5) is 20.8. The molecule has 0 radical (unpaired) electrons. The Morgan fingerprint density at radius 3 is 2.39 bits per heavy atom. The van der Waals surface area contributed by atoms with E-state index in [2.05, 4.69) is 26.6 Å². The first-order valence-electron chi connectivity index (χ1n) is 8.31. The van der Waals surface area contributed by atoms with Crippen molar-refractivity contribution in [1.82, 2.24) is 19.4 Å². The lowest BCUT2D eigenvalue weighted by Crippen LogP contribution is -2.49. The molecule has 0 N–H and O–H groups in total. The molecule has 3 heterocycles. The highest BCUT2D eigenvalue weighted by Gasteiger charge is 2.20. The van der Waals surface area contributed by atoms with Gasteiger partial charge < -0.3 is 9.47 Å². The van der Waals surface area contributed by atoms with Crippen LogP contribution >= 0.6 is 0 Å². The maximum Gasteiger partial charge on any atom is 0.224 e. The summed E-state index contributed by atoms with van der Waals surface area (Å²) in [6.07, 6.45) is 9.33. The lowest BCUT2D eigenvalue weighted by atomic mass is 10.2. The summed E-state index contributed by atoms with van der Waals surface area (Å²) in [6.45, 7) is 5.46. The van der Waals surface area contributed by atoms with Gasteiger partial charge in [-0.05, 0) is 36.2 Å². The Kier molecular flexibility index (Phi) is 5.42. The van der Waals surface area contributed by atoms with Crippen molar-refractivity contribution in [3.63, 3.8) is 0 Å². The summed E-state index contributed by atoms with van der Waals surface area (Å²) < 4.78 is 2.06. The van der Waals surface area contributed by atoms with Crippen LogP contribution in [0.1, 0.15) is 12.0 Å². The van der Waals surface area contributed by atoms with E-state index in [1.165, 1.54) is 5.56 Å². The summed E-state index contributed by atoms with van der Waals surface area (Å²) in [5, 5.41) is 0. The lowest BCUT2D eigenvalue weighted by molar-refractivity contribution is -0.133. The number of carbonyl (C=O) groups is 1.